The first-order valence-electron chi connectivity index (χ1n) is 8.04. The van der Waals surface area contributed by atoms with E-state index in [9.17, 15) is 5.26 Å². The number of benzene rings is 1. The summed E-state index contributed by atoms with van der Waals surface area (Å²) in [6.07, 6.45) is 2.31. The first-order valence-corrected chi connectivity index (χ1v) is 8.42. The average Bonchev–Trinajstić information content (AvgIpc) is 2.59. The Hall–Kier alpha value is -1.83. The standard InChI is InChI=1S/C18H20ClN3O/c1-2-23-12-13-4-3-7-22(11-13)18-8-14(10-20)16-9-15(19)5-6-17(16)21-18/h5-6,8-9,13H,2-4,7,11-12H2,1H3. The van der Waals surface area contributed by atoms with E-state index >= 15 is 0 Å². The number of nitrogens with zero attached hydrogens (tertiary/aromatic N) is 3. The number of hydrogen-bond acceptors (Lipinski definition) is 4. The number of hydrogen-bond donors (Lipinski definition) is 0. The normalized spacial score (nSPS) is 18.1. The SMILES string of the molecule is CCOCC1CCCN(c2cc(C#N)c3cc(Cl)ccc3n2)C1. The van der Waals surface area contributed by atoms with Crippen molar-refractivity contribution in [2.45, 2.75) is 19.8 Å². The van der Waals surface area contributed by atoms with Gasteiger partial charge in [0, 0.05) is 30.1 Å². The molecule has 0 saturated carbocycles. The third kappa shape index (κ3) is 3.57. The van der Waals surface area contributed by atoms with Gasteiger partial charge in [-0.2, -0.15) is 5.26 Å². The Morgan fingerprint density at radius 3 is 3.09 bits per heavy atom. The molecule has 0 radical (unpaired) electrons. The first-order chi connectivity index (χ1) is 11.2. The summed E-state index contributed by atoms with van der Waals surface area (Å²) in [4.78, 5) is 7.00. The molecule has 2 aromatic rings. The summed E-state index contributed by atoms with van der Waals surface area (Å²) in [6, 6.07) is 9.65. The summed E-state index contributed by atoms with van der Waals surface area (Å²) in [5.41, 5.74) is 1.44. The molecule has 4 nitrogen and oxygen atoms in total. The highest BCUT2D eigenvalue weighted by atomic mass is 35.5. The molecular weight excluding hydrogens is 310 g/mol. The van der Waals surface area contributed by atoms with Crippen molar-refractivity contribution in [2.24, 2.45) is 5.92 Å². The lowest BCUT2D eigenvalue weighted by molar-refractivity contribution is 0.104. The maximum atomic E-state index is 9.46. The third-order valence-electron chi connectivity index (χ3n) is 4.28. The Labute approximate surface area is 141 Å². The minimum absolute atomic E-state index is 0.525. The molecule has 0 aliphatic carbocycles. The fourth-order valence-electron chi connectivity index (χ4n) is 3.13. The second-order valence-corrected chi connectivity index (χ2v) is 6.35. The number of anilines is 1. The van der Waals surface area contributed by atoms with Crippen molar-refractivity contribution in [2.75, 3.05) is 31.2 Å². The molecule has 1 unspecified atom stereocenters. The maximum Gasteiger partial charge on any atom is 0.130 e. The van der Waals surface area contributed by atoms with Gasteiger partial charge < -0.3 is 9.64 Å². The molecule has 3 rings (SSSR count). The fourth-order valence-corrected chi connectivity index (χ4v) is 3.30. The van der Waals surface area contributed by atoms with Gasteiger partial charge in [-0.25, -0.2) is 4.98 Å². The number of nitriles is 1. The topological polar surface area (TPSA) is 49.1 Å². The summed E-state index contributed by atoms with van der Waals surface area (Å²) >= 11 is 6.04. The van der Waals surface area contributed by atoms with Gasteiger partial charge in [0.15, 0.2) is 0 Å². The molecule has 0 bridgehead atoms. The van der Waals surface area contributed by atoms with Crippen LogP contribution in [0.1, 0.15) is 25.3 Å². The van der Waals surface area contributed by atoms with Crippen LogP contribution in [-0.4, -0.2) is 31.3 Å². The molecule has 1 aromatic carbocycles. The van der Waals surface area contributed by atoms with E-state index in [0.29, 0.717) is 16.5 Å². The van der Waals surface area contributed by atoms with E-state index in [0.717, 1.165) is 49.4 Å². The van der Waals surface area contributed by atoms with E-state index in [2.05, 4.69) is 11.0 Å². The third-order valence-corrected chi connectivity index (χ3v) is 4.51. The van der Waals surface area contributed by atoms with Gasteiger partial charge in [0.2, 0.25) is 0 Å². The quantitative estimate of drug-likeness (QED) is 0.850. The van der Waals surface area contributed by atoms with E-state index in [1.165, 1.54) is 6.42 Å². The van der Waals surface area contributed by atoms with Gasteiger partial charge in [-0.05, 0) is 49.9 Å². The molecule has 1 fully saturated rings. The molecule has 2 heterocycles. The number of fused-ring (bicyclic) bond motifs is 1. The summed E-state index contributed by atoms with van der Waals surface area (Å²) < 4.78 is 5.57. The Kier molecular flexibility index (Phi) is 5.00. The zero-order valence-electron chi connectivity index (χ0n) is 13.3. The molecule has 1 aliphatic heterocycles. The van der Waals surface area contributed by atoms with Crippen LogP contribution in [0.4, 0.5) is 5.82 Å². The predicted molar refractivity (Wildman–Crippen MR) is 92.9 cm³/mol. The van der Waals surface area contributed by atoms with Crippen molar-refractivity contribution in [1.29, 1.82) is 5.26 Å². The molecule has 0 amide bonds. The Morgan fingerprint density at radius 1 is 1.43 bits per heavy atom. The van der Waals surface area contributed by atoms with Gasteiger partial charge in [-0.3, -0.25) is 0 Å². The van der Waals surface area contributed by atoms with Crippen LogP contribution in [0.2, 0.25) is 5.02 Å². The molecule has 120 valence electrons. The van der Waals surface area contributed by atoms with Crippen molar-refractivity contribution in [3.05, 3.63) is 34.9 Å². The van der Waals surface area contributed by atoms with Crippen LogP contribution < -0.4 is 4.90 Å². The zero-order chi connectivity index (χ0) is 16.2. The van der Waals surface area contributed by atoms with Gasteiger partial charge in [0.25, 0.3) is 0 Å². The molecular formula is C18H20ClN3O. The summed E-state index contributed by atoms with van der Waals surface area (Å²) in [5.74, 6) is 1.40. The van der Waals surface area contributed by atoms with Gasteiger partial charge >= 0.3 is 0 Å². The molecule has 5 heteroatoms. The molecule has 1 aliphatic rings. The van der Waals surface area contributed by atoms with Gasteiger partial charge in [0.05, 0.1) is 23.8 Å². The van der Waals surface area contributed by atoms with E-state index in [1.54, 1.807) is 6.07 Å². The van der Waals surface area contributed by atoms with Gasteiger partial charge in [-0.15, -0.1) is 0 Å². The summed E-state index contributed by atoms with van der Waals surface area (Å²) in [6.45, 7) is 5.47. The predicted octanol–water partition coefficient (Wildman–Crippen LogP) is 4.01. The number of halogens is 1. The number of piperidine rings is 1. The minimum Gasteiger partial charge on any atom is -0.381 e. The van der Waals surface area contributed by atoms with Gasteiger partial charge in [-0.1, -0.05) is 11.6 Å². The Morgan fingerprint density at radius 2 is 2.30 bits per heavy atom. The van der Waals surface area contributed by atoms with E-state index in [-0.39, 0.29) is 0 Å². The average molecular weight is 330 g/mol. The number of ether oxygens (including phenoxy) is 1. The molecule has 1 aromatic heterocycles. The smallest absolute Gasteiger partial charge is 0.130 e. The Balaban J connectivity index is 1.90. The highest BCUT2D eigenvalue weighted by Gasteiger charge is 2.22. The Bertz CT molecular complexity index is 741. The van der Waals surface area contributed by atoms with E-state index < -0.39 is 0 Å². The lowest BCUT2D eigenvalue weighted by Crippen LogP contribution is -2.37. The molecule has 0 N–H and O–H groups in total. The maximum absolute atomic E-state index is 9.46. The van der Waals surface area contributed by atoms with Crippen LogP contribution in [0.3, 0.4) is 0 Å². The van der Waals surface area contributed by atoms with E-state index in [1.807, 2.05) is 25.1 Å². The second kappa shape index (κ2) is 7.16. The van der Waals surface area contributed by atoms with Crippen LogP contribution in [0.5, 0.6) is 0 Å². The van der Waals surface area contributed by atoms with Crippen LogP contribution in [0.15, 0.2) is 24.3 Å². The zero-order valence-corrected chi connectivity index (χ0v) is 14.0. The lowest BCUT2D eigenvalue weighted by Gasteiger charge is -2.33. The number of aromatic nitrogens is 1. The molecule has 1 atom stereocenters. The van der Waals surface area contributed by atoms with Crippen molar-refractivity contribution in [3.63, 3.8) is 0 Å². The highest BCUT2D eigenvalue weighted by Crippen LogP contribution is 2.28. The lowest BCUT2D eigenvalue weighted by atomic mass is 9.98. The number of rotatable bonds is 4. The summed E-state index contributed by atoms with van der Waals surface area (Å²) in [7, 11) is 0. The minimum atomic E-state index is 0.525. The molecule has 1 saturated heterocycles. The van der Waals surface area contributed by atoms with E-state index in [4.69, 9.17) is 21.3 Å². The summed E-state index contributed by atoms with van der Waals surface area (Å²) in [5, 5.41) is 10.9. The van der Waals surface area contributed by atoms with Crippen LogP contribution in [0.25, 0.3) is 10.9 Å². The van der Waals surface area contributed by atoms with Crippen LogP contribution >= 0.6 is 11.6 Å². The second-order valence-electron chi connectivity index (χ2n) is 5.92. The van der Waals surface area contributed by atoms with Crippen LogP contribution in [-0.2, 0) is 4.74 Å². The van der Waals surface area contributed by atoms with Crippen molar-refractivity contribution < 1.29 is 4.74 Å². The molecule has 23 heavy (non-hydrogen) atoms. The van der Waals surface area contributed by atoms with Gasteiger partial charge in [0.1, 0.15) is 5.82 Å². The monoisotopic (exact) mass is 329 g/mol. The largest absolute Gasteiger partial charge is 0.381 e. The van der Waals surface area contributed by atoms with Crippen LogP contribution in [0, 0.1) is 17.2 Å². The number of pyridine rings is 1. The van der Waals surface area contributed by atoms with Crippen molar-refractivity contribution in [1.82, 2.24) is 4.98 Å². The molecule has 0 spiro atoms. The van der Waals surface area contributed by atoms with Crippen molar-refractivity contribution in [3.8, 4) is 6.07 Å². The first kappa shape index (κ1) is 16.0. The van der Waals surface area contributed by atoms with Crippen molar-refractivity contribution >= 4 is 28.3 Å². The highest BCUT2D eigenvalue weighted by molar-refractivity contribution is 6.31. The fraction of sp³-hybridized carbons (Fsp3) is 0.444.